The Hall–Kier alpha value is -2.56. The van der Waals surface area contributed by atoms with Gasteiger partial charge in [0, 0.05) is 19.3 Å². The predicted octanol–water partition coefficient (Wildman–Crippen LogP) is 2.25. The number of aromatic nitrogens is 2. The van der Waals surface area contributed by atoms with Crippen LogP contribution in [-0.4, -0.2) is 33.7 Å². The molecule has 0 saturated heterocycles. The van der Waals surface area contributed by atoms with Crippen LogP contribution in [0, 0.1) is 0 Å². The predicted molar refractivity (Wildman–Crippen MR) is 82.3 cm³/mol. The van der Waals surface area contributed by atoms with Gasteiger partial charge in [0.05, 0.1) is 11.4 Å². The summed E-state index contributed by atoms with van der Waals surface area (Å²) < 4.78 is 1.65. The molecule has 2 aromatic rings. The van der Waals surface area contributed by atoms with Crippen LogP contribution < -0.4 is 5.73 Å². The number of nitrogen functional groups attached to an aromatic ring is 1. The van der Waals surface area contributed by atoms with Gasteiger partial charge in [0.2, 0.25) is 0 Å². The Morgan fingerprint density at radius 2 is 2.10 bits per heavy atom. The van der Waals surface area contributed by atoms with Crippen molar-refractivity contribution in [2.45, 2.75) is 13.3 Å². The first-order valence-corrected chi connectivity index (χ1v) is 7.00. The van der Waals surface area contributed by atoms with E-state index in [2.05, 4.69) is 11.2 Å². The van der Waals surface area contributed by atoms with Crippen molar-refractivity contribution < 1.29 is 4.79 Å². The number of benzene rings is 1. The van der Waals surface area contributed by atoms with Gasteiger partial charge < -0.3 is 10.6 Å². The summed E-state index contributed by atoms with van der Waals surface area (Å²) in [5, 5.41) is 4.37. The maximum absolute atomic E-state index is 12.5. The Morgan fingerprint density at radius 3 is 2.86 bits per heavy atom. The molecule has 0 spiro atoms. The van der Waals surface area contributed by atoms with E-state index in [0.717, 1.165) is 18.7 Å². The molecule has 5 nitrogen and oxygen atoms in total. The molecule has 0 saturated carbocycles. The first-order valence-electron chi connectivity index (χ1n) is 7.00. The molecule has 1 amide bonds. The normalized spacial score (nSPS) is 14.9. The van der Waals surface area contributed by atoms with Crippen molar-refractivity contribution in [3.8, 4) is 5.69 Å². The zero-order chi connectivity index (χ0) is 14.8. The first kappa shape index (κ1) is 13.4. The zero-order valence-corrected chi connectivity index (χ0v) is 12.0. The van der Waals surface area contributed by atoms with E-state index in [1.807, 2.05) is 36.1 Å². The molecule has 5 heteroatoms. The highest BCUT2D eigenvalue weighted by atomic mass is 16.2. The molecule has 2 heterocycles. The molecule has 3 rings (SSSR count). The molecule has 108 valence electrons. The number of carbonyl (C=O) groups is 1. The minimum Gasteiger partial charge on any atom is -0.397 e. The lowest BCUT2D eigenvalue weighted by Gasteiger charge is -2.25. The molecule has 0 fully saturated rings. The van der Waals surface area contributed by atoms with Gasteiger partial charge in [0.15, 0.2) is 5.69 Å². The zero-order valence-electron chi connectivity index (χ0n) is 12.0. The maximum Gasteiger partial charge on any atom is 0.274 e. The second-order valence-corrected chi connectivity index (χ2v) is 5.27. The molecule has 0 atom stereocenters. The fraction of sp³-hybridized carbons (Fsp3) is 0.250. The fourth-order valence-corrected chi connectivity index (χ4v) is 2.52. The largest absolute Gasteiger partial charge is 0.397 e. The molecule has 0 radical (unpaired) electrons. The van der Waals surface area contributed by atoms with Gasteiger partial charge >= 0.3 is 0 Å². The van der Waals surface area contributed by atoms with Gasteiger partial charge in [-0.2, -0.15) is 5.10 Å². The number of anilines is 1. The Kier molecular flexibility index (Phi) is 3.48. The molecule has 21 heavy (non-hydrogen) atoms. The molecule has 0 unspecified atom stereocenters. The van der Waals surface area contributed by atoms with Crippen LogP contribution in [0.2, 0.25) is 0 Å². The number of amides is 1. The lowest BCUT2D eigenvalue weighted by atomic mass is 10.1. The summed E-state index contributed by atoms with van der Waals surface area (Å²) in [5.74, 6) is -0.0318. The Labute approximate surface area is 123 Å². The molecule has 0 bridgehead atoms. The maximum atomic E-state index is 12.5. The van der Waals surface area contributed by atoms with E-state index in [-0.39, 0.29) is 5.91 Å². The van der Waals surface area contributed by atoms with Gasteiger partial charge in [-0.3, -0.25) is 4.79 Å². The summed E-state index contributed by atoms with van der Waals surface area (Å²) in [5.41, 5.74) is 9.03. The molecule has 1 aromatic heterocycles. The van der Waals surface area contributed by atoms with Gasteiger partial charge in [-0.1, -0.05) is 23.8 Å². The van der Waals surface area contributed by atoms with E-state index in [0.29, 0.717) is 17.9 Å². The summed E-state index contributed by atoms with van der Waals surface area (Å²) in [7, 11) is 0. The number of hydrogen-bond acceptors (Lipinski definition) is 3. The smallest absolute Gasteiger partial charge is 0.274 e. The fourth-order valence-electron chi connectivity index (χ4n) is 2.52. The Morgan fingerprint density at radius 1 is 1.29 bits per heavy atom. The van der Waals surface area contributed by atoms with E-state index in [4.69, 9.17) is 5.73 Å². The number of nitrogens with zero attached hydrogens (tertiary/aromatic N) is 3. The molecular formula is C16H18N4O. The first-order chi connectivity index (χ1) is 10.1. The van der Waals surface area contributed by atoms with Crippen LogP contribution in [-0.2, 0) is 0 Å². The van der Waals surface area contributed by atoms with Gasteiger partial charge in [0.25, 0.3) is 5.91 Å². The van der Waals surface area contributed by atoms with Crippen LogP contribution in [0.25, 0.3) is 5.69 Å². The lowest BCUT2D eigenvalue weighted by Crippen LogP contribution is -2.35. The number of nitrogens with two attached hydrogens (primary N) is 1. The highest BCUT2D eigenvalue weighted by Gasteiger charge is 2.20. The van der Waals surface area contributed by atoms with Crippen LogP contribution in [0.4, 0.5) is 5.69 Å². The van der Waals surface area contributed by atoms with Crippen molar-refractivity contribution in [2.24, 2.45) is 0 Å². The lowest BCUT2D eigenvalue weighted by molar-refractivity contribution is 0.0759. The van der Waals surface area contributed by atoms with Crippen molar-refractivity contribution in [1.29, 1.82) is 0 Å². The average molecular weight is 282 g/mol. The third-order valence-electron chi connectivity index (χ3n) is 3.61. The van der Waals surface area contributed by atoms with E-state index in [1.165, 1.54) is 5.57 Å². The summed E-state index contributed by atoms with van der Waals surface area (Å²) in [6, 6.07) is 9.20. The van der Waals surface area contributed by atoms with Gasteiger partial charge in [-0.15, -0.1) is 0 Å². The monoisotopic (exact) mass is 282 g/mol. The average Bonchev–Trinajstić information content (AvgIpc) is 2.96. The number of carbonyl (C=O) groups excluding carboxylic acids is 1. The van der Waals surface area contributed by atoms with Crippen LogP contribution in [0.15, 0.2) is 48.2 Å². The third-order valence-corrected chi connectivity index (χ3v) is 3.61. The van der Waals surface area contributed by atoms with Crippen LogP contribution in [0.3, 0.4) is 0 Å². The number of rotatable bonds is 2. The topological polar surface area (TPSA) is 64.2 Å². The summed E-state index contributed by atoms with van der Waals surface area (Å²) in [6.07, 6.45) is 4.85. The molecule has 2 N–H and O–H groups in total. The van der Waals surface area contributed by atoms with Crippen LogP contribution >= 0.6 is 0 Å². The van der Waals surface area contributed by atoms with E-state index in [9.17, 15) is 4.79 Å². The van der Waals surface area contributed by atoms with Crippen molar-refractivity contribution in [3.05, 3.63) is 53.9 Å². The van der Waals surface area contributed by atoms with Gasteiger partial charge in [0.1, 0.15) is 0 Å². The van der Waals surface area contributed by atoms with E-state index >= 15 is 0 Å². The Bertz CT molecular complexity index is 702. The van der Waals surface area contributed by atoms with Gasteiger partial charge in [-0.05, 0) is 31.5 Å². The summed E-state index contributed by atoms with van der Waals surface area (Å²) in [4.78, 5) is 14.3. The molecule has 0 aliphatic carbocycles. The van der Waals surface area contributed by atoms with Crippen molar-refractivity contribution in [1.82, 2.24) is 14.7 Å². The SMILES string of the molecule is CC1=CCCN(C(=O)c2ccn(-c3ccccc3N)n2)C1. The highest BCUT2D eigenvalue weighted by Crippen LogP contribution is 2.17. The molecule has 1 aliphatic heterocycles. The molecule has 1 aliphatic rings. The highest BCUT2D eigenvalue weighted by molar-refractivity contribution is 5.92. The van der Waals surface area contributed by atoms with Crippen LogP contribution in [0.1, 0.15) is 23.8 Å². The van der Waals surface area contributed by atoms with E-state index in [1.54, 1.807) is 16.9 Å². The molecular weight excluding hydrogens is 264 g/mol. The van der Waals surface area contributed by atoms with E-state index < -0.39 is 0 Å². The second kappa shape index (κ2) is 5.44. The minimum atomic E-state index is -0.0318. The van der Waals surface area contributed by atoms with Gasteiger partial charge in [-0.25, -0.2) is 4.68 Å². The number of para-hydroxylation sites is 2. The quantitative estimate of drug-likeness (QED) is 0.678. The summed E-state index contributed by atoms with van der Waals surface area (Å²) in [6.45, 7) is 3.47. The standard InChI is InChI=1S/C16H18N4O/c1-12-5-4-9-19(11-12)16(21)14-8-10-20(18-14)15-7-3-2-6-13(15)17/h2-3,5-8,10H,4,9,11,17H2,1H3. The Balaban J connectivity index is 1.84. The van der Waals surface area contributed by atoms with Crippen molar-refractivity contribution >= 4 is 11.6 Å². The van der Waals surface area contributed by atoms with Crippen LogP contribution in [0.5, 0.6) is 0 Å². The second-order valence-electron chi connectivity index (χ2n) is 5.27. The summed E-state index contributed by atoms with van der Waals surface area (Å²) >= 11 is 0. The molecule has 1 aromatic carbocycles. The number of hydrogen-bond donors (Lipinski definition) is 1. The van der Waals surface area contributed by atoms with Crippen molar-refractivity contribution in [2.75, 3.05) is 18.8 Å². The minimum absolute atomic E-state index is 0.0318. The third kappa shape index (κ3) is 2.67. The van der Waals surface area contributed by atoms with Crippen molar-refractivity contribution in [3.63, 3.8) is 0 Å².